The average molecular weight is 306 g/mol. The summed E-state index contributed by atoms with van der Waals surface area (Å²) in [7, 11) is 0. The van der Waals surface area contributed by atoms with Gasteiger partial charge in [-0.2, -0.15) is 0 Å². The molecule has 8 heteroatoms. The largest absolute Gasteiger partial charge is 0.384 e. The Labute approximate surface area is 126 Å². The van der Waals surface area contributed by atoms with Gasteiger partial charge in [0.25, 0.3) is 0 Å². The zero-order valence-corrected chi connectivity index (χ0v) is 13.1. The summed E-state index contributed by atoms with van der Waals surface area (Å²) in [6.07, 6.45) is 2.04. The lowest BCUT2D eigenvalue weighted by Crippen LogP contribution is -2.18. The van der Waals surface area contributed by atoms with Crippen molar-refractivity contribution in [2.24, 2.45) is 0 Å². The molecule has 0 aromatic carbocycles. The summed E-state index contributed by atoms with van der Waals surface area (Å²) in [5, 5.41) is 7.91. The average Bonchev–Trinajstić information content (AvgIpc) is 3.13. The van der Waals surface area contributed by atoms with Crippen molar-refractivity contribution >= 4 is 17.6 Å². The van der Waals surface area contributed by atoms with E-state index in [0.717, 1.165) is 12.8 Å². The number of nitrogen functional groups attached to an aromatic ring is 1. The Morgan fingerprint density at radius 2 is 2.10 bits per heavy atom. The normalized spacial score (nSPS) is 15.4. The second-order valence-electron chi connectivity index (χ2n) is 6.22. The highest BCUT2D eigenvalue weighted by atomic mass is 32.2. The molecule has 3 N–H and O–H groups in total. The van der Waals surface area contributed by atoms with E-state index in [4.69, 9.17) is 5.73 Å². The van der Waals surface area contributed by atoms with E-state index in [1.54, 1.807) is 10.6 Å². The summed E-state index contributed by atoms with van der Waals surface area (Å²) >= 11 is 1.34. The zero-order valence-electron chi connectivity index (χ0n) is 12.3. The lowest BCUT2D eigenvalue weighted by Gasteiger charge is -2.17. The molecule has 3 rings (SSSR count). The van der Waals surface area contributed by atoms with Gasteiger partial charge in [-0.25, -0.2) is 19.9 Å². The van der Waals surface area contributed by atoms with Crippen molar-refractivity contribution in [3.8, 4) is 0 Å². The van der Waals surface area contributed by atoms with Crippen LogP contribution in [0.2, 0.25) is 0 Å². The van der Waals surface area contributed by atoms with Crippen molar-refractivity contribution < 1.29 is 0 Å². The van der Waals surface area contributed by atoms with Crippen LogP contribution in [0.15, 0.2) is 21.0 Å². The fourth-order valence-corrected chi connectivity index (χ4v) is 2.86. The van der Waals surface area contributed by atoms with Crippen molar-refractivity contribution in [1.29, 1.82) is 0 Å². The Morgan fingerprint density at radius 1 is 1.38 bits per heavy atom. The fraction of sp³-hybridized carbons (Fsp3) is 0.538. The van der Waals surface area contributed by atoms with Crippen LogP contribution >= 0.6 is 11.8 Å². The number of aromatic nitrogens is 5. The molecule has 2 aromatic rings. The van der Waals surface area contributed by atoms with E-state index in [1.165, 1.54) is 11.8 Å². The smallest absolute Gasteiger partial charge is 0.344 e. The third-order valence-corrected chi connectivity index (χ3v) is 4.06. The SMILES string of the molecule is CC(C)(C)c1nc(N)cc(Sc2n[nH]c(=O)n2C2CC2)n1. The highest BCUT2D eigenvalue weighted by molar-refractivity contribution is 7.99. The molecule has 21 heavy (non-hydrogen) atoms. The fourth-order valence-electron chi connectivity index (χ4n) is 1.94. The summed E-state index contributed by atoms with van der Waals surface area (Å²) in [5.74, 6) is 1.11. The van der Waals surface area contributed by atoms with Gasteiger partial charge in [-0.05, 0) is 24.6 Å². The summed E-state index contributed by atoms with van der Waals surface area (Å²) < 4.78 is 1.69. The first kappa shape index (κ1) is 14.1. The van der Waals surface area contributed by atoms with Gasteiger partial charge in [-0.3, -0.25) is 4.57 Å². The highest BCUT2D eigenvalue weighted by Gasteiger charge is 2.29. The third kappa shape index (κ3) is 2.94. The summed E-state index contributed by atoms with van der Waals surface area (Å²) in [6.45, 7) is 6.10. The molecule has 0 amide bonds. The second-order valence-corrected chi connectivity index (χ2v) is 7.21. The Morgan fingerprint density at radius 3 is 2.71 bits per heavy atom. The molecule has 0 spiro atoms. The molecule has 1 saturated carbocycles. The van der Waals surface area contributed by atoms with E-state index >= 15 is 0 Å². The van der Waals surface area contributed by atoms with Gasteiger partial charge < -0.3 is 5.73 Å². The first-order valence-corrected chi connectivity index (χ1v) is 7.66. The van der Waals surface area contributed by atoms with Gasteiger partial charge >= 0.3 is 5.69 Å². The van der Waals surface area contributed by atoms with Crippen molar-refractivity contribution in [2.45, 2.75) is 55.3 Å². The van der Waals surface area contributed by atoms with Gasteiger partial charge in [0.15, 0.2) is 5.16 Å². The molecule has 1 fully saturated rings. The summed E-state index contributed by atoms with van der Waals surface area (Å²) in [4.78, 5) is 20.6. The van der Waals surface area contributed by atoms with E-state index in [2.05, 4.69) is 20.2 Å². The predicted molar refractivity (Wildman–Crippen MR) is 80.4 cm³/mol. The standard InChI is InChI=1S/C13H18N6OS/c1-13(2,3)10-15-8(14)6-9(16-10)21-12-18-17-11(20)19(12)7-4-5-7/h6-7H,4-5H2,1-3H3,(H,17,20)(H2,14,15,16). The predicted octanol–water partition coefficient (Wildman–Crippen LogP) is 1.73. The number of anilines is 1. The molecule has 112 valence electrons. The van der Waals surface area contributed by atoms with Crippen LogP contribution in [0.25, 0.3) is 0 Å². The topological polar surface area (TPSA) is 102 Å². The van der Waals surface area contributed by atoms with Crippen LogP contribution in [0, 0.1) is 0 Å². The van der Waals surface area contributed by atoms with E-state index in [1.807, 2.05) is 20.8 Å². The number of H-pyrrole nitrogens is 1. The Hall–Kier alpha value is -1.83. The minimum absolute atomic E-state index is 0.168. The van der Waals surface area contributed by atoms with E-state index in [9.17, 15) is 4.79 Å². The quantitative estimate of drug-likeness (QED) is 0.837. The highest BCUT2D eigenvalue weighted by Crippen LogP contribution is 2.37. The van der Waals surface area contributed by atoms with Gasteiger partial charge in [0.1, 0.15) is 16.7 Å². The first-order chi connectivity index (χ1) is 9.84. The van der Waals surface area contributed by atoms with Crippen molar-refractivity contribution in [3.05, 3.63) is 22.4 Å². The molecular formula is C13H18N6OS. The molecule has 2 aromatic heterocycles. The Balaban J connectivity index is 1.95. The molecule has 1 aliphatic rings. The molecule has 0 unspecified atom stereocenters. The molecule has 7 nitrogen and oxygen atoms in total. The van der Waals surface area contributed by atoms with Crippen LogP contribution in [0.3, 0.4) is 0 Å². The lowest BCUT2D eigenvalue weighted by atomic mass is 9.96. The van der Waals surface area contributed by atoms with Crippen molar-refractivity contribution in [3.63, 3.8) is 0 Å². The molecule has 2 heterocycles. The minimum atomic E-state index is -0.188. The Bertz CT molecular complexity index is 725. The molecular weight excluding hydrogens is 288 g/mol. The van der Waals surface area contributed by atoms with Gasteiger partial charge in [-0.1, -0.05) is 20.8 Å². The van der Waals surface area contributed by atoms with Gasteiger partial charge in [0, 0.05) is 17.5 Å². The van der Waals surface area contributed by atoms with Gasteiger partial charge in [-0.15, -0.1) is 5.10 Å². The van der Waals surface area contributed by atoms with E-state index in [-0.39, 0.29) is 17.1 Å². The maximum atomic E-state index is 11.8. The molecule has 0 aliphatic heterocycles. The minimum Gasteiger partial charge on any atom is -0.384 e. The molecule has 0 radical (unpaired) electrons. The lowest BCUT2D eigenvalue weighted by molar-refractivity contribution is 0.539. The monoisotopic (exact) mass is 306 g/mol. The first-order valence-electron chi connectivity index (χ1n) is 6.84. The number of nitrogens with two attached hydrogens (primary N) is 1. The second kappa shape index (κ2) is 4.87. The summed E-state index contributed by atoms with van der Waals surface area (Å²) in [5.41, 5.74) is 5.51. The van der Waals surface area contributed by atoms with Crippen LogP contribution in [-0.2, 0) is 5.41 Å². The summed E-state index contributed by atoms with van der Waals surface area (Å²) in [6, 6.07) is 1.97. The number of aromatic amines is 1. The van der Waals surface area contributed by atoms with E-state index < -0.39 is 0 Å². The van der Waals surface area contributed by atoms with E-state index in [0.29, 0.717) is 21.8 Å². The number of hydrogen-bond donors (Lipinski definition) is 2. The van der Waals surface area contributed by atoms with Crippen LogP contribution < -0.4 is 11.4 Å². The van der Waals surface area contributed by atoms with Crippen LogP contribution in [0.4, 0.5) is 5.82 Å². The zero-order chi connectivity index (χ0) is 15.2. The maximum Gasteiger partial charge on any atom is 0.344 e. The number of rotatable bonds is 3. The van der Waals surface area contributed by atoms with Crippen LogP contribution in [-0.4, -0.2) is 24.7 Å². The molecule has 0 bridgehead atoms. The van der Waals surface area contributed by atoms with Gasteiger partial charge in [0.05, 0.1) is 0 Å². The molecule has 0 atom stereocenters. The third-order valence-electron chi connectivity index (χ3n) is 3.17. The van der Waals surface area contributed by atoms with Crippen molar-refractivity contribution in [2.75, 3.05) is 5.73 Å². The van der Waals surface area contributed by atoms with Crippen LogP contribution in [0.5, 0.6) is 0 Å². The number of nitrogens with one attached hydrogen (secondary N) is 1. The Kier molecular flexibility index (Phi) is 3.27. The number of nitrogens with zero attached hydrogens (tertiary/aromatic N) is 4. The number of hydrogen-bond acceptors (Lipinski definition) is 6. The van der Waals surface area contributed by atoms with Crippen LogP contribution in [0.1, 0.15) is 45.5 Å². The molecule has 1 aliphatic carbocycles. The van der Waals surface area contributed by atoms with Gasteiger partial charge in [0.2, 0.25) is 0 Å². The maximum absolute atomic E-state index is 11.8. The van der Waals surface area contributed by atoms with Crippen molar-refractivity contribution in [1.82, 2.24) is 24.7 Å². The molecule has 0 saturated heterocycles.